The summed E-state index contributed by atoms with van der Waals surface area (Å²) in [5.74, 6) is 0.216. The molecule has 1 spiro atoms. The number of aromatic amines is 1. The van der Waals surface area contributed by atoms with Crippen LogP contribution in [-0.4, -0.2) is 39.4 Å². The van der Waals surface area contributed by atoms with E-state index in [9.17, 15) is 4.79 Å². The zero-order valence-electron chi connectivity index (χ0n) is 9.91. The highest BCUT2D eigenvalue weighted by Gasteiger charge is 2.40. The zero-order chi connectivity index (χ0) is 11.7. The van der Waals surface area contributed by atoms with Gasteiger partial charge in [-0.1, -0.05) is 0 Å². The van der Waals surface area contributed by atoms with Crippen molar-refractivity contribution in [1.82, 2.24) is 20.2 Å². The number of aromatic nitrogens is 2. The van der Waals surface area contributed by atoms with Crippen molar-refractivity contribution in [2.75, 3.05) is 13.1 Å². The molecule has 2 saturated heterocycles. The number of piperidine rings is 1. The van der Waals surface area contributed by atoms with E-state index in [4.69, 9.17) is 0 Å². The average molecular weight is 234 g/mol. The number of hydrogen-bond donors (Lipinski definition) is 2. The molecule has 92 valence electrons. The minimum Gasteiger partial charge on any atom is -0.349 e. The summed E-state index contributed by atoms with van der Waals surface area (Å²) in [5.41, 5.74) is 1.20. The maximum atomic E-state index is 11.4. The van der Waals surface area contributed by atoms with Crippen molar-refractivity contribution < 1.29 is 4.79 Å². The first kappa shape index (κ1) is 10.8. The summed E-state index contributed by atoms with van der Waals surface area (Å²) < 4.78 is 0. The molecule has 1 unspecified atom stereocenters. The van der Waals surface area contributed by atoms with Gasteiger partial charge in [0.15, 0.2) is 0 Å². The van der Waals surface area contributed by atoms with E-state index in [2.05, 4.69) is 20.2 Å². The molecular weight excluding hydrogens is 216 g/mol. The molecule has 2 N–H and O–H groups in total. The van der Waals surface area contributed by atoms with Crippen LogP contribution >= 0.6 is 0 Å². The lowest BCUT2D eigenvalue weighted by atomic mass is 9.87. The predicted octanol–water partition coefficient (Wildman–Crippen LogP) is 0.654. The normalized spacial score (nSPS) is 29.8. The number of nitrogens with one attached hydrogen (secondary N) is 2. The van der Waals surface area contributed by atoms with Crippen LogP contribution in [0.5, 0.6) is 0 Å². The van der Waals surface area contributed by atoms with E-state index in [1.54, 1.807) is 6.33 Å². The highest BCUT2D eigenvalue weighted by atomic mass is 16.2. The largest absolute Gasteiger partial charge is 0.349 e. The molecule has 2 aliphatic heterocycles. The van der Waals surface area contributed by atoms with Gasteiger partial charge in [-0.2, -0.15) is 0 Å². The number of carbonyl (C=O) groups is 1. The number of likely N-dealkylation sites (tertiary alicyclic amines) is 1. The molecule has 1 aromatic heterocycles. The second-order valence-electron chi connectivity index (χ2n) is 5.22. The van der Waals surface area contributed by atoms with Gasteiger partial charge in [0.2, 0.25) is 5.91 Å². The molecule has 3 rings (SSSR count). The van der Waals surface area contributed by atoms with E-state index in [-0.39, 0.29) is 11.4 Å². The summed E-state index contributed by atoms with van der Waals surface area (Å²) in [7, 11) is 0. The van der Waals surface area contributed by atoms with Gasteiger partial charge in [-0.3, -0.25) is 9.69 Å². The van der Waals surface area contributed by atoms with Crippen LogP contribution in [0.3, 0.4) is 0 Å². The fourth-order valence-electron chi connectivity index (χ4n) is 3.05. The third-order valence-electron chi connectivity index (χ3n) is 3.84. The Bertz CT molecular complexity index is 403. The Kier molecular flexibility index (Phi) is 2.63. The van der Waals surface area contributed by atoms with Crippen molar-refractivity contribution in [3.05, 3.63) is 18.2 Å². The summed E-state index contributed by atoms with van der Waals surface area (Å²) in [5, 5.41) is 3.17. The maximum Gasteiger partial charge on any atom is 0.220 e. The topological polar surface area (TPSA) is 61.0 Å². The molecule has 0 aliphatic carbocycles. The maximum absolute atomic E-state index is 11.4. The van der Waals surface area contributed by atoms with Gasteiger partial charge >= 0.3 is 0 Å². The zero-order valence-corrected chi connectivity index (χ0v) is 9.91. The van der Waals surface area contributed by atoms with E-state index in [0.717, 1.165) is 44.6 Å². The Hall–Kier alpha value is -1.36. The van der Waals surface area contributed by atoms with Crippen molar-refractivity contribution in [3.8, 4) is 0 Å². The fraction of sp³-hybridized carbons (Fsp3) is 0.667. The molecule has 3 heterocycles. The van der Waals surface area contributed by atoms with Gasteiger partial charge in [0.05, 0.1) is 11.9 Å². The summed E-state index contributed by atoms with van der Waals surface area (Å²) >= 11 is 0. The van der Waals surface area contributed by atoms with Crippen LogP contribution in [0, 0.1) is 0 Å². The molecule has 0 aromatic carbocycles. The van der Waals surface area contributed by atoms with Crippen LogP contribution < -0.4 is 5.32 Å². The van der Waals surface area contributed by atoms with Gasteiger partial charge in [-0.05, 0) is 25.8 Å². The van der Waals surface area contributed by atoms with Crippen LogP contribution in [0.4, 0.5) is 0 Å². The molecule has 1 amide bonds. The van der Waals surface area contributed by atoms with Gasteiger partial charge < -0.3 is 10.3 Å². The Morgan fingerprint density at radius 1 is 1.47 bits per heavy atom. The first-order valence-electron chi connectivity index (χ1n) is 6.26. The van der Waals surface area contributed by atoms with Crippen LogP contribution in [0.25, 0.3) is 0 Å². The molecule has 2 fully saturated rings. The van der Waals surface area contributed by atoms with Crippen LogP contribution in [0.15, 0.2) is 12.5 Å². The van der Waals surface area contributed by atoms with Gasteiger partial charge in [-0.15, -0.1) is 0 Å². The van der Waals surface area contributed by atoms with Gasteiger partial charge in [0, 0.05) is 31.4 Å². The Labute approximate surface area is 101 Å². The SMILES string of the molecule is O=C1CCC2(CCCN(Cc3cnc[nH]3)C2)N1. The monoisotopic (exact) mass is 234 g/mol. The van der Waals surface area contributed by atoms with Crippen molar-refractivity contribution >= 4 is 5.91 Å². The van der Waals surface area contributed by atoms with E-state index < -0.39 is 0 Å². The number of nitrogens with zero attached hydrogens (tertiary/aromatic N) is 2. The molecular formula is C12H18N4O. The van der Waals surface area contributed by atoms with Crippen LogP contribution in [0.1, 0.15) is 31.4 Å². The lowest BCUT2D eigenvalue weighted by Crippen LogP contribution is -2.54. The van der Waals surface area contributed by atoms with Gasteiger partial charge in [0.25, 0.3) is 0 Å². The second kappa shape index (κ2) is 4.14. The highest BCUT2D eigenvalue weighted by molar-refractivity contribution is 5.79. The first-order chi connectivity index (χ1) is 8.26. The fourth-order valence-corrected chi connectivity index (χ4v) is 3.05. The van der Waals surface area contributed by atoms with E-state index in [0.29, 0.717) is 6.42 Å². The summed E-state index contributed by atoms with van der Waals surface area (Å²) in [6.45, 7) is 2.98. The number of hydrogen-bond acceptors (Lipinski definition) is 3. The first-order valence-corrected chi connectivity index (χ1v) is 6.26. The lowest BCUT2D eigenvalue weighted by Gasteiger charge is -2.40. The number of H-pyrrole nitrogens is 1. The molecule has 1 atom stereocenters. The molecule has 5 nitrogen and oxygen atoms in total. The van der Waals surface area contributed by atoms with Gasteiger partial charge in [0.1, 0.15) is 0 Å². The third-order valence-corrected chi connectivity index (χ3v) is 3.84. The summed E-state index contributed by atoms with van der Waals surface area (Å²) in [6, 6.07) is 0. The van der Waals surface area contributed by atoms with Crippen LogP contribution in [-0.2, 0) is 11.3 Å². The summed E-state index contributed by atoms with van der Waals surface area (Å²) in [4.78, 5) is 21.0. The number of amides is 1. The molecule has 1 aromatic rings. The summed E-state index contributed by atoms with van der Waals surface area (Å²) in [6.07, 6.45) is 7.55. The predicted molar refractivity (Wildman–Crippen MR) is 63.2 cm³/mol. The van der Waals surface area contributed by atoms with Crippen molar-refractivity contribution in [2.24, 2.45) is 0 Å². The Balaban J connectivity index is 1.65. The quantitative estimate of drug-likeness (QED) is 0.790. The molecule has 0 bridgehead atoms. The molecule has 0 radical (unpaired) electrons. The lowest BCUT2D eigenvalue weighted by molar-refractivity contribution is -0.120. The Morgan fingerprint density at radius 2 is 2.41 bits per heavy atom. The van der Waals surface area contributed by atoms with Crippen LogP contribution in [0.2, 0.25) is 0 Å². The van der Waals surface area contributed by atoms with Crippen molar-refractivity contribution in [1.29, 1.82) is 0 Å². The van der Waals surface area contributed by atoms with Crippen molar-refractivity contribution in [2.45, 2.75) is 37.8 Å². The number of carbonyl (C=O) groups excluding carboxylic acids is 1. The van der Waals surface area contributed by atoms with E-state index in [1.807, 2.05) is 6.20 Å². The minimum absolute atomic E-state index is 0.0509. The average Bonchev–Trinajstić information content (AvgIpc) is 2.90. The number of rotatable bonds is 2. The van der Waals surface area contributed by atoms with Crippen molar-refractivity contribution in [3.63, 3.8) is 0 Å². The van der Waals surface area contributed by atoms with Gasteiger partial charge in [-0.25, -0.2) is 4.98 Å². The number of imidazole rings is 1. The standard InChI is InChI=1S/C12H18N4O/c17-11-2-4-12(15-11)3-1-5-16(8-12)7-10-6-13-9-14-10/h6,9H,1-5,7-8H2,(H,13,14)(H,15,17). The minimum atomic E-state index is 0.0509. The molecule has 0 saturated carbocycles. The Morgan fingerprint density at radius 3 is 3.12 bits per heavy atom. The second-order valence-corrected chi connectivity index (χ2v) is 5.22. The van der Waals surface area contributed by atoms with E-state index in [1.165, 1.54) is 0 Å². The van der Waals surface area contributed by atoms with E-state index >= 15 is 0 Å². The molecule has 5 heteroatoms. The highest BCUT2D eigenvalue weighted by Crippen LogP contribution is 2.30. The third kappa shape index (κ3) is 2.20. The molecule has 2 aliphatic rings. The molecule has 17 heavy (non-hydrogen) atoms. The smallest absolute Gasteiger partial charge is 0.220 e.